The molecule has 0 saturated carbocycles. The zero-order valence-corrected chi connectivity index (χ0v) is 18.0. The minimum absolute atomic E-state index is 0.0844. The van der Waals surface area contributed by atoms with Crippen molar-refractivity contribution in [2.45, 2.75) is 25.6 Å². The standard InChI is InChI=1S/C21H20ClN3O4S/c1-3-28-18-10-14(11-19(20(26)27)30-21-23-13(2)24-25-21)8-9-17(18)29-12-15-6-4-5-7-16(15)22/h4-11H,3,12H2,1-2H3,(H,26,27)(H,23,24,25)/b19-11-. The van der Waals surface area contributed by atoms with Crippen molar-refractivity contribution in [2.24, 2.45) is 0 Å². The maximum atomic E-state index is 11.7. The Balaban J connectivity index is 1.82. The number of H-pyrrole nitrogens is 1. The van der Waals surface area contributed by atoms with Gasteiger partial charge in [0.1, 0.15) is 17.3 Å². The number of rotatable bonds is 9. The van der Waals surface area contributed by atoms with E-state index in [2.05, 4.69) is 15.2 Å². The maximum Gasteiger partial charge on any atom is 0.342 e. The molecule has 9 heteroatoms. The van der Waals surface area contributed by atoms with Crippen molar-refractivity contribution in [1.82, 2.24) is 15.2 Å². The van der Waals surface area contributed by atoms with Gasteiger partial charge in [-0.25, -0.2) is 9.78 Å². The third-order valence-electron chi connectivity index (χ3n) is 3.90. The van der Waals surface area contributed by atoms with Gasteiger partial charge in [-0.2, -0.15) is 0 Å². The van der Waals surface area contributed by atoms with Crippen LogP contribution in [0.4, 0.5) is 0 Å². The Morgan fingerprint density at radius 3 is 2.70 bits per heavy atom. The molecule has 2 aromatic carbocycles. The van der Waals surface area contributed by atoms with E-state index in [0.717, 1.165) is 17.3 Å². The van der Waals surface area contributed by atoms with Crippen molar-refractivity contribution in [2.75, 3.05) is 6.61 Å². The number of halogens is 1. The third kappa shape index (κ3) is 5.77. The molecular formula is C21H20ClN3O4S. The second-order valence-corrected chi connectivity index (χ2v) is 7.55. The van der Waals surface area contributed by atoms with Gasteiger partial charge < -0.3 is 14.6 Å². The monoisotopic (exact) mass is 445 g/mol. The van der Waals surface area contributed by atoms with Gasteiger partial charge in [0, 0.05) is 10.6 Å². The molecule has 0 fully saturated rings. The lowest BCUT2D eigenvalue weighted by molar-refractivity contribution is -0.131. The highest BCUT2D eigenvalue weighted by Gasteiger charge is 2.14. The van der Waals surface area contributed by atoms with Crippen molar-refractivity contribution in [3.05, 3.63) is 69.3 Å². The summed E-state index contributed by atoms with van der Waals surface area (Å²) in [6, 6.07) is 12.7. The number of thioether (sulfide) groups is 1. The van der Waals surface area contributed by atoms with Crippen LogP contribution in [-0.2, 0) is 11.4 Å². The number of hydrogen-bond donors (Lipinski definition) is 2. The molecule has 0 aliphatic heterocycles. The number of aromatic nitrogens is 3. The molecule has 156 valence electrons. The van der Waals surface area contributed by atoms with Gasteiger partial charge in [0.25, 0.3) is 0 Å². The average molecular weight is 446 g/mol. The molecule has 0 saturated heterocycles. The Morgan fingerprint density at radius 2 is 2.03 bits per heavy atom. The number of aryl methyl sites for hydroxylation is 1. The first kappa shape index (κ1) is 21.7. The van der Waals surface area contributed by atoms with Crippen LogP contribution in [0.2, 0.25) is 5.02 Å². The highest BCUT2D eigenvalue weighted by molar-refractivity contribution is 8.04. The van der Waals surface area contributed by atoms with E-state index < -0.39 is 5.97 Å². The molecule has 1 heterocycles. The van der Waals surface area contributed by atoms with Crippen LogP contribution in [0.3, 0.4) is 0 Å². The fraction of sp³-hybridized carbons (Fsp3) is 0.190. The largest absolute Gasteiger partial charge is 0.490 e. The van der Waals surface area contributed by atoms with E-state index in [4.69, 9.17) is 21.1 Å². The molecule has 7 nitrogen and oxygen atoms in total. The summed E-state index contributed by atoms with van der Waals surface area (Å²) < 4.78 is 11.6. The summed E-state index contributed by atoms with van der Waals surface area (Å²) in [5, 5.41) is 17.2. The lowest BCUT2D eigenvalue weighted by Gasteiger charge is -2.13. The molecule has 3 aromatic rings. The normalized spacial score (nSPS) is 11.4. The fourth-order valence-corrected chi connectivity index (χ4v) is 3.47. The molecule has 1 aromatic heterocycles. The maximum absolute atomic E-state index is 11.7. The van der Waals surface area contributed by atoms with Gasteiger partial charge in [-0.05, 0) is 55.4 Å². The Hall–Kier alpha value is -2.97. The second-order valence-electron chi connectivity index (χ2n) is 6.14. The summed E-state index contributed by atoms with van der Waals surface area (Å²) >= 11 is 7.15. The smallest absolute Gasteiger partial charge is 0.342 e. The number of aliphatic carboxylic acids is 1. The number of hydrogen-bond acceptors (Lipinski definition) is 6. The molecule has 30 heavy (non-hydrogen) atoms. The van der Waals surface area contributed by atoms with Gasteiger partial charge in [0.05, 0.1) is 6.61 Å². The van der Waals surface area contributed by atoms with Crippen molar-refractivity contribution in [3.8, 4) is 11.5 Å². The zero-order chi connectivity index (χ0) is 21.5. The molecule has 0 spiro atoms. The van der Waals surface area contributed by atoms with E-state index in [1.54, 1.807) is 37.3 Å². The zero-order valence-electron chi connectivity index (χ0n) is 16.4. The molecular weight excluding hydrogens is 426 g/mol. The highest BCUT2D eigenvalue weighted by atomic mass is 35.5. The first-order chi connectivity index (χ1) is 14.5. The molecule has 0 aliphatic rings. The molecule has 0 aliphatic carbocycles. The van der Waals surface area contributed by atoms with E-state index in [0.29, 0.717) is 39.7 Å². The third-order valence-corrected chi connectivity index (χ3v) is 5.14. The summed E-state index contributed by atoms with van der Waals surface area (Å²) in [6.45, 7) is 4.34. The van der Waals surface area contributed by atoms with Crippen LogP contribution in [0.25, 0.3) is 6.08 Å². The topological polar surface area (TPSA) is 97.3 Å². The summed E-state index contributed by atoms with van der Waals surface area (Å²) in [7, 11) is 0. The number of carboxylic acids is 1. The first-order valence-corrected chi connectivity index (χ1v) is 10.3. The molecule has 0 bridgehead atoms. The van der Waals surface area contributed by atoms with Crippen LogP contribution >= 0.6 is 23.4 Å². The van der Waals surface area contributed by atoms with Gasteiger partial charge in [-0.3, -0.25) is 5.10 Å². The van der Waals surface area contributed by atoms with Crippen LogP contribution in [0.1, 0.15) is 23.9 Å². The molecule has 2 N–H and O–H groups in total. The number of benzene rings is 2. The fourth-order valence-electron chi connectivity index (χ4n) is 2.53. The van der Waals surface area contributed by atoms with Gasteiger partial charge in [-0.15, -0.1) is 5.10 Å². The van der Waals surface area contributed by atoms with Gasteiger partial charge in [-0.1, -0.05) is 35.9 Å². The minimum atomic E-state index is -1.07. The number of ether oxygens (including phenoxy) is 2. The van der Waals surface area contributed by atoms with E-state index in [1.807, 2.05) is 25.1 Å². The Bertz CT molecular complexity index is 1070. The molecule has 3 rings (SSSR count). The van der Waals surface area contributed by atoms with Crippen LogP contribution in [0, 0.1) is 6.92 Å². The second kappa shape index (κ2) is 10.2. The van der Waals surface area contributed by atoms with Crippen molar-refractivity contribution in [1.29, 1.82) is 0 Å². The molecule has 0 radical (unpaired) electrons. The number of aromatic amines is 1. The first-order valence-electron chi connectivity index (χ1n) is 9.11. The predicted molar refractivity (Wildman–Crippen MR) is 116 cm³/mol. The van der Waals surface area contributed by atoms with Crippen LogP contribution in [-0.4, -0.2) is 32.9 Å². The molecule has 0 atom stereocenters. The summed E-state index contributed by atoms with van der Waals surface area (Å²) in [4.78, 5) is 15.9. The lowest BCUT2D eigenvalue weighted by atomic mass is 10.2. The minimum Gasteiger partial charge on any atom is -0.490 e. The summed E-state index contributed by atoms with van der Waals surface area (Å²) in [6.07, 6.45) is 1.54. The summed E-state index contributed by atoms with van der Waals surface area (Å²) in [5.41, 5.74) is 1.51. The van der Waals surface area contributed by atoms with Gasteiger partial charge in [0.2, 0.25) is 5.16 Å². The van der Waals surface area contributed by atoms with E-state index in [1.165, 1.54) is 0 Å². The van der Waals surface area contributed by atoms with E-state index in [9.17, 15) is 9.90 Å². The Labute approximate surface area is 183 Å². The van der Waals surface area contributed by atoms with Gasteiger partial charge in [0.15, 0.2) is 11.5 Å². The molecule has 0 unspecified atom stereocenters. The van der Waals surface area contributed by atoms with Crippen molar-refractivity contribution in [3.63, 3.8) is 0 Å². The SMILES string of the molecule is CCOc1cc(/C=C(\Sc2n[nH]c(C)n2)C(=O)O)ccc1OCc1ccccc1Cl. The number of nitrogens with zero attached hydrogens (tertiary/aromatic N) is 2. The summed E-state index contributed by atoms with van der Waals surface area (Å²) in [5.74, 6) is 0.602. The Kier molecular flexibility index (Phi) is 7.37. The number of nitrogens with one attached hydrogen (secondary N) is 1. The number of carboxylic acid groups (broad SMARTS) is 1. The van der Waals surface area contributed by atoms with Crippen LogP contribution in [0.15, 0.2) is 52.5 Å². The number of carbonyl (C=O) groups is 1. The van der Waals surface area contributed by atoms with Crippen LogP contribution in [0.5, 0.6) is 11.5 Å². The van der Waals surface area contributed by atoms with Crippen molar-refractivity contribution >= 4 is 35.4 Å². The quantitative estimate of drug-likeness (QED) is 0.354. The predicted octanol–water partition coefficient (Wildman–Crippen LogP) is 4.96. The van der Waals surface area contributed by atoms with E-state index >= 15 is 0 Å². The Morgan fingerprint density at radius 1 is 1.23 bits per heavy atom. The van der Waals surface area contributed by atoms with Gasteiger partial charge >= 0.3 is 5.97 Å². The van der Waals surface area contributed by atoms with Crippen LogP contribution < -0.4 is 9.47 Å². The average Bonchev–Trinajstić information content (AvgIpc) is 3.13. The molecule has 0 amide bonds. The van der Waals surface area contributed by atoms with Crippen molar-refractivity contribution < 1.29 is 19.4 Å². The van der Waals surface area contributed by atoms with E-state index in [-0.39, 0.29) is 11.5 Å². The lowest BCUT2D eigenvalue weighted by Crippen LogP contribution is -2.01. The highest BCUT2D eigenvalue weighted by Crippen LogP contribution is 2.32.